The lowest BCUT2D eigenvalue weighted by Crippen LogP contribution is -2.32. The molecule has 7 nitrogen and oxygen atoms in total. The van der Waals surface area contributed by atoms with Crippen LogP contribution in [0.1, 0.15) is 19.3 Å². The van der Waals surface area contributed by atoms with Crippen LogP contribution in [0, 0.1) is 0 Å². The highest BCUT2D eigenvalue weighted by Crippen LogP contribution is 2.29. The van der Waals surface area contributed by atoms with E-state index in [1.807, 2.05) is 16.8 Å². The quantitative estimate of drug-likeness (QED) is 0.700. The second-order valence-electron chi connectivity index (χ2n) is 4.88. The number of nitrogens with one attached hydrogen (secondary N) is 1. The van der Waals surface area contributed by atoms with Crippen molar-refractivity contribution in [3.63, 3.8) is 0 Å². The number of hydrogen-bond donors (Lipinski definition) is 2. The number of aromatic amines is 1. The van der Waals surface area contributed by atoms with Crippen LogP contribution in [0.2, 0.25) is 0 Å². The Morgan fingerprint density at radius 3 is 2.63 bits per heavy atom. The maximum absolute atomic E-state index is 11.8. The Labute approximate surface area is 111 Å². The van der Waals surface area contributed by atoms with Crippen LogP contribution in [0.3, 0.4) is 0 Å². The summed E-state index contributed by atoms with van der Waals surface area (Å²) in [5, 5.41) is 8.76. The van der Waals surface area contributed by atoms with E-state index in [0.717, 1.165) is 25.8 Å². The van der Waals surface area contributed by atoms with Crippen molar-refractivity contribution in [2.75, 3.05) is 36.7 Å². The van der Waals surface area contributed by atoms with Crippen LogP contribution >= 0.6 is 0 Å². The number of H-pyrrole nitrogens is 1. The number of nitrogens with zero attached hydrogens (tertiary/aromatic N) is 3. The summed E-state index contributed by atoms with van der Waals surface area (Å²) in [6.07, 6.45) is 2.64. The zero-order chi connectivity index (χ0) is 14.0. The molecule has 0 fully saturated rings. The van der Waals surface area contributed by atoms with Crippen LogP contribution in [0.5, 0.6) is 0 Å². The molecule has 19 heavy (non-hydrogen) atoms. The van der Waals surface area contributed by atoms with Gasteiger partial charge in [0.05, 0.1) is 6.67 Å². The van der Waals surface area contributed by atoms with Gasteiger partial charge < -0.3 is 14.9 Å². The highest BCUT2D eigenvalue weighted by atomic mass is 16.3. The molecule has 1 aliphatic heterocycles. The molecule has 2 rings (SSSR count). The van der Waals surface area contributed by atoms with E-state index >= 15 is 0 Å². The third kappa shape index (κ3) is 2.51. The first kappa shape index (κ1) is 13.7. The van der Waals surface area contributed by atoms with Crippen molar-refractivity contribution in [2.24, 2.45) is 7.05 Å². The van der Waals surface area contributed by atoms with Crippen molar-refractivity contribution >= 4 is 11.5 Å². The highest BCUT2D eigenvalue weighted by Gasteiger charge is 2.28. The summed E-state index contributed by atoms with van der Waals surface area (Å²) in [6, 6.07) is 0. The summed E-state index contributed by atoms with van der Waals surface area (Å²) in [6.45, 7) is 1.58. The Hall–Kier alpha value is -1.76. The molecule has 0 saturated carbocycles. The number of aromatic nitrogens is 2. The maximum atomic E-state index is 11.8. The number of rotatable bonds is 5. The van der Waals surface area contributed by atoms with Gasteiger partial charge in [0.25, 0.3) is 5.56 Å². The Morgan fingerprint density at radius 1 is 1.21 bits per heavy atom. The van der Waals surface area contributed by atoms with Gasteiger partial charge in [-0.2, -0.15) is 0 Å². The van der Waals surface area contributed by atoms with Gasteiger partial charge in [-0.1, -0.05) is 0 Å². The predicted octanol–water partition coefficient (Wildman–Crippen LogP) is -0.550. The van der Waals surface area contributed by atoms with E-state index in [-0.39, 0.29) is 17.9 Å². The summed E-state index contributed by atoms with van der Waals surface area (Å²) in [5.41, 5.74) is -0.179. The minimum absolute atomic E-state index is 0.203. The minimum Gasteiger partial charge on any atom is -0.396 e. The highest BCUT2D eigenvalue weighted by molar-refractivity contribution is 5.71. The standard InChI is InChI=1S/C12H20N4O3/c1-14-8-16(6-4-3-5-7-17)11-9(14)10(18)13-12(19)15(11)2/h17H,3-8H2,1-2H3,(H,13,18,19). The summed E-state index contributed by atoms with van der Waals surface area (Å²) in [5.74, 6) is 0.681. The SMILES string of the molecule is CN1CN(CCCCCO)c2c1c(=O)[nH]c(=O)n2C. The molecule has 1 aliphatic rings. The van der Waals surface area contributed by atoms with E-state index in [1.165, 1.54) is 4.57 Å². The van der Waals surface area contributed by atoms with Crippen LogP contribution < -0.4 is 21.0 Å². The maximum Gasteiger partial charge on any atom is 0.329 e. The van der Waals surface area contributed by atoms with Crippen LogP contribution in [0.15, 0.2) is 9.59 Å². The smallest absolute Gasteiger partial charge is 0.329 e. The van der Waals surface area contributed by atoms with Crippen LogP contribution in [-0.2, 0) is 7.05 Å². The van der Waals surface area contributed by atoms with Crippen molar-refractivity contribution in [1.29, 1.82) is 0 Å². The molecule has 0 spiro atoms. The average molecular weight is 268 g/mol. The van der Waals surface area contributed by atoms with Gasteiger partial charge in [0, 0.05) is 27.2 Å². The van der Waals surface area contributed by atoms with Crippen molar-refractivity contribution in [1.82, 2.24) is 9.55 Å². The largest absolute Gasteiger partial charge is 0.396 e. The van der Waals surface area contributed by atoms with Gasteiger partial charge in [-0.25, -0.2) is 4.79 Å². The molecule has 7 heteroatoms. The lowest BCUT2D eigenvalue weighted by molar-refractivity contribution is 0.283. The lowest BCUT2D eigenvalue weighted by Gasteiger charge is -2.20. The van der Waals surface area contributed by atoms with E-state index in [2.05, 4.69) is 4.98 Å². The molecule has 2 heterocycles. The minimum atomic E-state index is -0.389. The first-order valence-corrected chi connectivity index (χ1v) is 6.46. The van der Waals surface area contributed by atoms with Crippen molar-refractivity contribution < 1.29 is 5.11 Å². The molecular weight excluding hydrogens is 248 g/mol. The fourth-order valence-electron chi connectivity index (χ4n) is 2.46. The number of aliphatic hydroxyl groups excluding tert-OH is 1. The first-order valence-electron chi connectivity index (χ1n) is 6.46. The predicted molar refractivity (Wildman–Crippen MR) is 73.9 cm³/mol. The lowest BCUT2D eigenvalue weighted by atomic mass is 10.2. The van der Waals surface area contributed by atoms with Gasteiger partial charge in [0.15, 0.2) is 0 Å². The molecule has 0 amide bonds. The fraction of sp³-hybridized carbons (Fsp3) is 0.667. The third-order valence-electron chi connectivity index (χ3n) is 3.42. The Balaban J connectivity index is 2.25. The Kier molecular flexibility index (Phi) is 3.94. The fourth-order valence-corrected chi connectivity index (χ4v) is 2.46. The number of unbranched alkanes of at least 4 members (excludes halogenated alkanes) is 2. The van der Waals surface area contributed by atoms with Crippen LogP contribution in [0.4, 0.5) is 11.5 Å². The van der Waals surface area contributed by atoms with Crippen LogP contribution in [-0.4, -0.2) is 41.5 Å². The topological polar surface area (TPSA) is 81.6 Å². The van der Waals surface area contributed by atoms with Crippen molar-refractivity contribution in [3.05, 3.63) is 20.8 Å². The molecular formula is C12H20N4O3. The van der Waals surface area contributed by atoms with E-state index in [0.29, 0.717) is 18.2 Å². The summed E-state index contributed by atoms with van der Waals surface area (Å²) < 4.78 is 1.48. The third-order valence-corrected chi connectivity index (χ3v) is 3.42. The normalized spacial score (nSPS) is 14.1. The van der Waals surface area contributed by atoms with E-state index in [9.17, 15) is 9.59 Å². The van der Waals surface area contributed by atoms with Gasteiger partial charge in [-0.05, 0) is 19.3 Å². The van der Waals surface area contributed by atoms with Gasteiger partial charge in [-0.15, -0.1) is 0 Å². The Bertz CT molecular complexity index is 563. The molecule has 0 aromatic carbocycles. The monoisotopic (exact) mass is 268 g/mol. The van der Waals surface area contributed by atoms with Crippen molar-refractivity contribution in [3.8, 4) is 0 Å². The molecule has 1 aromatic heterocycles. The summed E-state index contributed by atoms with van der Waals surface area (Å²) in [4.78, 5) is 29.7. The average Bonchev–Trinajstić information content (AvgIpc) is 2.69. The molecule has 0 unspecified atom stereocenters. The summed E-state index contributed by atoms with van der Waals surface area (Å²) >= 11 is 0. The van der Waals surface area contributed by atoms with Crippen molar-refractivity contribution in [2.45, 2.75) is 19.3 Å². The zero-order valence-corrected chi connectivity index (χ0v) is 11.3. The zero-order valence-electron chi connectivity index (χ0n) is 11.3. The molecule has 0 bridgehead atoms. The second-order valence-corrected chi connectivity index (χ2v) is 4.88. The number of anilines is 2. The molecule has 0 saturated heterocycles. The van der Waals surface area contributed by atoms with Crippen LogP contribution in [0.25, 0.3) is 0 Å². The van der Waals surface area contributed by atoms with E-state index in [1.54, 1.807) is 7.05 Å². The molecule has 0 atom stereocenters. The molecule has 0 aliphatic carbocycles. The number of hydrogen-bond acceptors (Lipinski definition) is 5. The Morgan fingerprint density at radius 2 is 1.95 bits per heavy atom. The molecule has 106 valence electrons. The summed E-state index contributed by atoms with van der Waals surface area (Å²) in [7, 11) is 3.50. The first-order chi connectivity index (χ1) is 9.06. The molecule has 1 aromatic rings. The molecule has 0 radical (unpaired) electrons. The van der Waals surface area contributed by atoms with Gasteiger partial charge in [0.2, 0.25) is 0 Å². The van der Waals surface area contributed by atoms with Gasteiger partial charge in [-0.3, -0.25) is 14.3 Å². The molecule has 2 N–H and O–H groups in total. The van der Waals surface area contributed by atoms with E-state index < -0.39 is 0 Å². The number of fused-ring (bicyclic) bond motifs is 1. The van der Waals surface area contributed by atoms with Gasteiger partial charge >= 0.3 is 5.69 Å². The number of aliphatic hydroxyl groups is 1. The van der Waals surface area contributed by atoms with E-state index in [4.69, 9.17) is 5.11 Å². The second kappa shape index (κ2) is 5.48. The van der Waals surface area contributed by atoms with Gasteiger partial charge in [0.1, 0.15) is 11.5 Å².